The fraction of sp³-hybridized carbons (Fsp3) is 0.167. The zero-order valence-corrected chi connectivity index (χ0v) is 14.2. The zero-order chi connectivity index (χ0) is 17.6. The van der Waals surface area contributed by atoms with E-state index in [0.717, 1.165) is 5.56 Å². The van der Waals surface area contributed by atoms with E-state index in [0.29, 0.717) is 16.5 Å². The van der Waals surface area contributed by atoms with Gasteiger partial charge in [0.15, 0.2) is 17.7 Å². The standard InChI is InChI=1S/C18H14FN3O2S/c1-12(23-16-8-3-2-7-15(16)19)17-21-22-18(24-17)25-11-14-6-4-5-13(9-14)10-20/h2-9,12H,11H2,1H3/t12-/m1/s1. The highest BCUT2D eigenvalue weighted by Crippen LogP contribution is 2.27. The molecule has 3 rings (SSSR count). The van der Waals surface area contributed by atoms with E-state index >= 15 is 0 Å². The number of hydrogen-bond donors (Lipinski definition) is 0. The molecule has 0 saturated carbocycles. The summed E-state index contributed by atoms with van der Waals surface area (Å²) in [6, 6.07) is 15.6. The van der Waals surface area contributed by atoms with Crippen molar-refractivity contribution in [2.45, 2.75) is 24.0 Å². The Bertz CT molecular complexity index is 907. The topological polar surface area (TPSA) is 71.9 Å². The number of thioether (sulfide) groups is 1. The van der Waals surface area contributed by atoms with Crippen LogP contribution in [-0.4, -0.2) is 10.2 Å². The number of nitriles is 1. The third-order valence-corrected chi connectivity index (χ3v) is 4.22. The van der Waals surface area contributed by atoms with Gasteiger partial charge in [0.1, 0.15) is 0 Å². The van der Waals surface area contributed by atoms with Crippen LogP contribution in [0.4, 0.5) is 4.39 Å². The molecular formula is C18H14FN3O2S. The largest absolute Gasteiger partial charge is 0.478 e. The second-order valence-electron chi connectivity index (χ2n) is 5.20. The molecule has 1 heterocycles. The highest BCUT2D eigenvalue weighted by Gasteiger charge is 2.17. The summed E-state index contributed by atoms with van der Waals surface area (Å²) in [5, 5.41) is 17.2. The quantitative estimate of drug-likeness (QED) is 0.606. The Morgan fingerprint density at radius 1 is 1.24 bits per heavy atom. The van der Waals surface area contributed by atoms with Crippen LogP contribution in [0.1, 0.15) is 30.0 Å². The normalized spacial score (nSPS) is 11.7. The van der Waals surface area contributed by atoms with Gasteiger partial charge in [0.2, 0.25) is 0 Å². The Morgan fingerprint density at radius 2 is 2.08 bits per heavy atom. The molecule has 0 amide bonds. The van der Waals surface area contributed by atoms with Gasteiger partial charge in [-0.05, 0) is 36.8 Å². The lowest BCUT2D eigenvalue weighted by Crippen LogP contribution is -2.04. The number of hydrogen-bond acceptors (Lipinski definition) is 6. The Kier molecular flexibility index (Phi) is 5.31. The molecular weight excluding hydrogens is 341 g/mol. The first-order chi connectivity index (χ1) is 12.2. The van der Waals surface area contributed by atoms with Crippen LogP contribution < -0.4 is 4.74 Å². The molecule has 0 aliphatic heterocycles. The van der Waals surface area contributed by atoms with Crippen LogP contribution in [0.3, 0.4) is 0 Å². The average Bonchev–Trinajstić information content (AvgIpc) is 3.11. The van der Waals surface area contributed by atoms with E-state index in [1.54, 1.807) is 31.2 Å². The molecule has 0 radical (unpaired) electrons. The lowest BCUT2D eigenvalue weighted by atomic mass is 10.2. The summed E-state index contributed by atoms with van der Waals surface area (Å²) in [5.74, 6) is 0.563. The van der Waals surface area contributed by atoms with Crippen molar-refractivity contribution >= 4 is 11.8 Å². The SMILES string of the molecule is C[C@@H](Oc1ccccc1F)c1nnc(SCc2cccc(C#N)c2)o1. The van der Waals surface area contributed by atoms with E-state index in [2.05, 4.69) is 16.3 Å². The summed E-state index contributed by atoms with van der Waals surface area (Å²) >= 11 is 1.36. The Balaban J connectivity index is 1.62. The monoisotopic (exact) mass is 355 g/mol. The Hall–Kier alpha value is -2.85. The Morgan fingerprint density at radius 3 is 2.88 bits per heavy atom. The lowest BCUT2D eigenvalue weighted by molar-refractivity contribution is 0.174. The molecule has 1 atom stereocenters. The summed E-state index contributed by atoms with van der Waals surface area (Å²) in [6.45, 7) is 1.71. The number of ether oxygens (including phenoxy) is 1. The van der Waals surface area contributed by atoms with Gasteiger partial charge in [0.25, 0.3) is 11.1 Å². The lowest BCUT2D eigenvalue weighted by Gasteiger charge is -2.11. The van der Waals surface area contributed by atoms with Gasteiger partial charge in [-0.3, -0.25) is 0 Å². The molecule has 0 bridgehead atoms. The van der Waals surface area contributed by atoms with Gasteiger partial charge in [0, 0.05) is 5.75 Å². The summed E-state index contributed by atoms with van der Waals surface area (Å²) in [6.07, 6.45) is -0.569. The second kappa shape index (κ2) is 7.81. The summed E-state index contributed by atoms with van der Waals surface area (Å²) in [4.78, 5) is 0. The first kappa shape index (κ1) is 17.0. The van der Waals surface area contributed by atoms with Crippen molar-refractivity contribution in [1.82, 2.24) is 10.2 Å². The van der Waals surface area contributed by atoms with Crippen LogP contribution in [0.25, 0.3) is 0 Å². The highest BCUT2D eigenvalue weighted by atomic mass is 32.2. The predicted octanol–water partition coefficient (Wildman–Crippen LogP) is 4.51. The fourth-order valence-electron chi connectivity index (χ4n) is 2.10. The van der Waals surface area contributed by atoms with Gasteiger partial charge in [0.05, 0.1) is 11.6 Å². The summed E-state index contributed by atoms with van der Waals surface area (Å²) in [7, 11) is 0. The van der Waals surface area contributed by atoms with Crippen molar-refractivity contribution in [3.63, 3.8) is 0 Å². The number of rotatable bonds is 6. The molecule has 7 heteroatoms. The van der Waals surface area contributed by atoms with E-state index in [-0.39, 0.29) is 11.6 Å². The van der Waals surface area contributed by atoms with Crippen LogP contribution in [0, 0.1) is 17.1 Å². The van der Waals surface area contributed by atoms with Crippen molar-refractivity contribution in [3.8, 4) is 11.8 Å². The molecule has 0 aliphatic carbocycles. The third kappa shape index (κ3) is 4.37. The third-order valence-electron chi connectivity index (χ3n) is 3.33. The first-order valence-electron chi connectivity index (χ1n) is 7.52. The molecule has 0 N–H and O–H groups in total. The molecule has 5 nitrogen and oxygen atoms in total. The minimum Gasteiger partial charge on any atom is -0.478 e. The van der Waals surface area contributed by atoms with E-state index < -0.39 is 11.9 Å². The first-order valence-corrected chi connectivity index (χ1v) is 8.50. The smallest absolute Gasteiger partial charge is 0.277 e. The number of aromatic nitrogens is 2. The molecule has 0 aliphatic rings. The molecule has 1 aromatic heterocycles. The van der Waals surface area contributed by atoms with Crippen molar-refractivity contribution in [1.29, 1.82) is 5.26 Å². The van der Waals surface area contributed by atoms with Gasteiger partial charge in [-0.15, -0.1) is 10.2 Å². The molecule has 0 spiro atoms. The molecule has 0 fully saturated rings. The highest BCUT2D eigenvalue weighted by molar-refractivity contribution is 7.98. The number of halogens is 1. The predicted molar refractivity (Wildman–Crippen MR) is 90.5 cm³/mol. The molecule has 3 aromatic rings. The van der Waals surface area contributed by atoms with Gasteiger partial charge >= 0.3 is 0 Å². The van der Waals surface area contributed by atoms with Crippen molar-refractivity contribution in [2.75, 3.05) is 0 Å². The maximum absolute atomic E-state index is 13.6. The maximum atomic E-state index is 13.6. The minimum atomic E-state index is -0.569. The van der Waals surface area contributed by atoms with Crippen molar-refractivity contribution in [2.24, 2.45) is 0 Å². The van der Waals surface area contributed by atoms with Crippen LogP contribution in [0.15, 0.2) is 58.2 Å². The Labute approximate surface area is 148 Å². The molecule has 126 valence electrons. The van der Waals surface area contributed by atoms with Crippen LogP contribution in [-0.2, 0) is 5.75 Å². The minimum absolute atomic E-state index is 0.135. The van der Waals surface area contributed by atoms with Crippen molar-refractivity contribution < 1.29 is 13.5 Å². The zero-order valence-electron chi connectivity index (χ0n) is 13.3. The molecule has 25 heavy (non-hydrogen) atoms. The maximum Gasteiger partial charge on any atom is 0.277 e. The van der Waals surface area contributed by atoms with Crippen LogP contribution in [0.2, 0.25) is 0 Å². The molecule has 0 saturated heterocycles. The van der Waals surface area contributed by atoms with Crippen LogP contribution >= 0.6 is 11.8 Å². The van der Waals surface area contributed by atoms with Gasteiger partial charge < -0.3 is 9.15 Å². The van der Waals surface area contributed by atoms with E-state index in [1.807, 2.05) is 18.2 Å². The summed E-state index contributed by atoms with van der Waals surface area (Å²) < 4.78 is 24.7. The molecule has 2 aromatic carbocycles. The van der Waals surface area contributed by atoms with E-state index in [4.69, 9.17) is 14.4 Å². The second-order valence-corrected chi connectivity index (χ2v) is 6.12. The van der Waals surface area contributed by atoms with Gasteiger partial charge in [-0.2, -0.15) is 5.26 Å². The van der Waals surface area contributed by atoms with Crippen LogP contribution in [0.5, 0.6) is 5.75 Å². The van der Waals surface area contributed by atoms with Gasteiger partial charge in [-0.25, -0.2) is 4.39 Å². The van der Waals surface area contributed by atoms with E-state index in [1.165, 1.54) is 17.8 Å². The molecule has 0 unspecified atom stereocenters. The fourth-order valence-corrected chi connectivity index (χ4v) is 2.81. The number of benzene rings is 2. The van der Waals surface area contributed by atoms with Crippen molar-refractivity contribution in [3.05, 3.63) is 71.4 Å². The average molecular weight is 355 g/mol. The van der Waals surface area contributed by atoms with Gasteiger partial charge in [-0.1, -0.05) is 36.0 Å². The number of nitrogens with zero attached hydrogens (tertiary/aromatic N) is 3. The summed E-state index contributed by atoms with van der Waals surface area (Å²) in [5.41, 5.74) is 1.59. The number of para-hydroxylation sites is 1. The van der Waals surface area contributed by atoms with E-state index in [9.17, 15) is 4.39 Å².